The van der Waals surface area contributed by atoms with E-state index < -0.39 is 5.54 Å². The number of methoxy groups -OCH3 is 3. The molecule has 5 heterocycles. The molecule has 0 bridgehead atoms. The van der Waals surface area contributed by atoms with E-state index in [4.69, 9.17) is 14.2 Å². The molecule has 2 atom stereocenters. The quantitative estimate of drug-likeness (QED) is 0.0526. The highest BCUT2D eigenvalue weighted by molar-refractivity contribution is 7.09. The molecule has 0 saturated carbocycles. The summed E-state index contributed by atoms with van der Waals surface area (Å²) in [4.78, 5) is 78.6. The predicted molar refractivity (Wildman–Crippen MR) is 346 cm³/mol. The lowest BCUT2D eigenvalue weighted by molar-refractivity contribution is -0.153. The maximum atomic E-state index is 13.2. The highest BCUT2D eigenvalue weighted by Gasteiger charge is 2.54. The normalized spacial score (nSPS) is 18.5. The molecule has 9 rings (SSSR count). The summed E-state index contributed by atoms with van der Waals surface area (Å²) in [6, 6.07) is 44.2. The van der Waals surface area contributed by atoms with Crippen LogP contribution in [0.1, 0.15) is 96.4 Å². The van der Waals surface area contributed by atoms with Crippen LogP contribution in [0, 0.1) is 5.92 Å². The Balaban J connectivity index is 0.000000187. The van der Waals surface area contributed by atoms with E-state index in [9.17, 15) is 24.0 Å². The average molecular weight is 1210 g/mol. The number of piperidine rings is 3. The first-order chi connectivity index (χ1) is 42.2. The Hall–Kier alpha value is -6.87. The number of aromatic nitrogens is 4. The van der Waals surface area contributed by atoms with Gasteiger partial charge in [0.25, 0.3) is 0 Å². The molecule has 19 heteroatoms. The molecule has 6 aromatic rings. The summed E-state index contributed by atoms with van der Waals surface area (Å²) in [5, 5.41) is 9.96. The summed E-state index contributed by atoms with van der Waals surface area (Å²) in [5.74, 6) is -0.176. The first-order valence-electron chi connectivity index (χ1n) is 31.2. The Morgan fingerprint density at radius 2 is 0.966 bits per heavy atom. The Labute approximate surface area is 519 Å². The molecule has 3 saturated heterocycles. The van der Waals surface area contributed by atoms with Crippen LogP contribution in [0.5, 0.6) is 0 Å². The van der Waals surface area contributed by atoms with E-state index >= 15 is 0 Å². The summed E-state index contributed by atoms with van der Waals surface area (Å²) in [6.07, 6.45) is 7.38. The van der Waals surface area contributed by atoms with Gasteiger partial charge in [-0.25, -0.2) is 9.59 Å². The third-order valence-electron chi connectivity index (χ3n) is 17.6. The number of hydrogen-bond acceptors (Lipinski definition) is 14. The van der Waals surface area contributed by atoms with Crippen LogP contribution >= 0.6 is 11.3 Å². The number of aryl methyl sites for hydroxylation is 1. The molecule has 3 amide bonds. The van der Waals surface area contributed by atoms with Gasteiger partial charge < -0.3 is 38.7 Å². The number of carbonyl (C=O) groups excluding carboxylic acids is 4. The first kappa shape index (κ1) is 67.6. The Bertz CT molecular complexity index is 3060. The van der Waals surface area contributed by atoms with Crippen LogP contribution in [0.25, 0.3) is 0 Å². The van der Waals surface area contributed by atoms with E-state index in [1.54, 1.807) is 19.1 Å². The molecule has 2 unspecified atom stereocenters. The highest BCUT2D eigenvalue weighted by atomic mass is 32.1. The summed E-state index contributed by atoms with van der Waals surface area (Å²) in [6.45, 7) is 19.5. The van der Waals surface area contributed by atoms with Crippen molar-refractivity contribution in [3.63, 3.8) is 0 Å². The minimum atomic E-state index is -0.994. The van der Waals surface area contributed by atoms with Crippen molar-refractivity contribution in [2.75, 3.05) is 108 Å². The molecule has 18 nitrogen and oxygen atoms in total. The molecule has 0 radical (unpaired) electrons. The minimum Gasteiger partial charge on any atom is -0.467 e. The number of amides is 3. The number of thiophene rings is 1. The van der Waals surface area contributed by atoms with Crippen molar-refractivity contribution >= 4 is 52.1 Å². The van der Waals surface area contributed by atoms with Crippen molar-refractivity contribution in [1.82, 2.24) is 34.5 Å². The number of rotatable bonds is 24. The summed E-state index contributed by atoms with van der Waals surface area (Å²) in [7, 11) is 4.85. The van der Waals surface area contributed by atoms with Gasteiger partial charge in [0.15, 0.2) is 0 Å². The van der Waals surface area contributed by atoms with Crippen LogP contribution in [-0.2, 0) is 59.3 Å². The molecule has 2 aromatic heterocycles. The van der Waals surface area contributed by atoms with Crippen LogP contribution in [0.4, 0.5) is 17.1 Å². The van der Waals surface area contributed by atoms with Crippen molar-refractivity contribution in [2.24, 2.45) is 5.92 Å². The van der Waals surface area contributed by atoms with Crippen LogP contribution < -0.4 is 20.4 Å². The lowest BCUT2D eigenvalue weighted by atomic mass is 9.76. The Morgan fingerprint density at radius 3 is 1.39 bits per heavy atom. The number of carbonyl (C=O) groups is 4. The van der Waals surface area contributed by atoms with Crippen LogP contribution in [0.2, 0.25) is 0 Å². The lowest BCUT2D eigenvalue weighted by Gasteiger charge is -2.50. The molecule has 0 N–H and O–H groups in total. The van der Waals surface area contributed by atoms with Crippen molar-refractivity contribution in [2.45, 2.75) is 129 Å². The molecule has 3 aliphatic heterocycles. The third kappa shape index (κ3) is 17.1. The number of para-hydroxylation sites is 3. The van der Waals surface area contributed by atoms with E-state index in [1.807, 2.05) is 146 Å². The Morgan fingerprint density at radius 1 is 0.529 bits per heavy atom. The number of tetrazole rings is 1. The number of esters is 1. The second kappa shape index (κ2) is 33.5. The number of nitrogens with zero attached hydrogens (tertiary/aromatic N) is 10. The van der Waals surface area contributed by atoms with Crippen LogP contribution in [0.3, 0.4) is 0 Å². The predicted octanol–water partition coefficient (Wildman–Crippen LogP) is 9.52. The SMILES string of the molecule is CCC(=O)N(c1ccccc1)C1(C(=O)OC)CCN(CCc2ccccc2)CC1C.CCC(=O)N(c1ccccc1)C1(COC)CCN(CCc2cccs2)CC1.CCC(=O)N(c1ccccc1)C1(COC)CCN(CCn2nnn(CC)c2=O)CC1. The smallest absolute Gasteiger partial charge is 0.363 e. The van der Waals surface area contributed by atoms with Gasteiger partial charge in [0.05, 0.1) is 37.9 Å². The zero-order chi connectivity index (χ0) is 62.2. The van der Waals surface area contributed by atoms with Gasteiger partial charge in [-0.1, -0.05) is 119 Å². The van der Waals surface area contributed by atoms with Crippen LogP contribution in [-0.4, -0.2) is 168 Å². The van der Waals surface area contributed by atoms with Gasteiger partial charge in [-0.3, -0.25) is 19.3 Å². The van der Waals surface area contributed by atoms with E-state index in [1.165, 1.54) is 26.9 Å². The summed E-state index contributed by atoms with van der Waals surface area (Å²) >= 11 is 1.83. The summed E-state index contributed by atoms with van der Waals surface area (Å²) in [5.41, 5.74) is 2.15. The average Bonchev–Trinajstić information content (AvgIpc) is 2.47. The van der Waals surface area contributed by atoms with Crippen molar-refractivity contribution in [3.8, 4) is 0 Å². The molecule has 0 aliphatic carbocycles. The molecule has 87 heavy (non-hydrogen) atoms. The third-order valence-corrected chi connectivity index (χ3v) is 18.5. The maximum Gasteiger partial charge on any atom is 0.363 e. The molecular formula is C68H94N10O8S. The lowest BCUT2D eigenvalue weighted by Crippen LogP contribution is -2.67. The highest BCUT2D eigenvalue weighted by Crippen LogP contribution is 2.40. The van der Waals surface area contributed by atoms with E-state index in [-0.39, 0.29) is 46.4 Å². The van der Waals surface area contributed by atoms with E-state index in [2.05, 4.69) is 73.8 Å². The zero-order valence-electron chi connectivity index (χ0n) is 52.8. The first-order valence-corrected chi connectivity index (χ1v) is 32.1. The summed E-state index contributed by atoms with van der Waals surface area (Å²) < 4.78 is 19.3. The molecule has 3 aliphatic rings. The fourth-order valence-electron chi connectivity index (χ4n) is 12.8. The van der Waals surface area contributed by atoms with Crippen molar-refractivity contribution < 1.29 is 33.4 Å². The second-order valence-corrected chi connectivity index (χ2v) is 24.0. The number of anilines is 3. The number of likely N-dealkylation sites (tertiary alicyclic amines) is 3. The fourth-order valence-corrected chi connectivity index (χ4v) is 13.5. The Kier molecular flexibility index (Phi) is 26.0. The van der Waals surface area contributed by atoms with Gasteiger partial charge in [0, 0.05) is 127 Å². The molecule has 4 aromatic carbocycles. The van der Waals surface area contributed by atoms with Crippen LogP contribution in [0.15, 0.2) is 144 Å². The molecule has 3 fully saturated rings. The van der Waals surface area contributed by atoms with Gasteiger partial charge in [0.2, 0.25) is 17.7 Å². The molecule has 470 valence electrons. The topological polar surface area (TPSA) is 168 Å². The molecular weight excluding hydrogens is 1120 g/mol. The van der Waals surface area contributed by atoms with Gasteiger partial charge in [0.1, 0.15) is 5.54 Å². The monoisotopic (exact) mass is 1210 g/mol. The standard InChI is InChI=1S/C25H32N2O3.C22H30N2O2S.C21H32N6O3/c1-4-23(28)27(22-13-9-6-10-14-22)25(24(29)30-3)16-18-26(19-20(25)2)17-15-21-11-7-5-8-12-21;1-3-21(25)24(19-8-5-4-6-9-19)22(18-26-2)12-15-23(16-13-22)14-11-20-10-7-17-27-20;1-4-19(28)27(18-9-7-6-8-10-18)21(17-30-3)11-13-24(14-12-21)15-16-26-20(29)25(5-2)22-23-26/h5-14,20H,4,15-19H2,1-3H3;4-10,17H,3,11-16,18H2,1-2H3;6-10H,4-5,11-17H2,1-3H3. The largest absolute Gasteiger partial charge is 0.467 e. The maximum absolute atomic E-state index is 13.2. The number of benzene rings is 4. The zero-order valence-corrected chi connectivity index (χ0v) is 53.6. The van der Waals surface area contributed by atoms with E-state index in [0.717, 1.165) is 114 Å². The number of hydrogen-bond donors (Lipinski definition) is 0. The van der Waals surface area contributed by atoms with Gasteiger partial charge in [-0.05, 0) is 116 Å². The van der Waals surface area contributed by atoms with Crippen molar-refractivity contribution in [3.05, 3.63) is 160 Å². The fraction of sp³-hybridized carbons (Fsp3) is 0.515. The van der Waals surface area contributed by atoms with Gasteiger partial charge in [-0.15, -0.1) is 11.3 Å². The number of ether oxygens (including phenoxy) is 3. The molecule has 0 spiro atoms. The second-order valence-electron chi connectivity index (χ2n) is 23.0. The van der Waals surface area contributed by atoms with Gasteiger partial charge >= 0.3 is 11.7 Å². The van der Waals surface area contributed by atoms with Gasteiger partial charge in [-0.2, -0.15) is 9.36 Å². The van der Waals surface area contributed by atoms with E-state index in [0.29, 0.717) is 52.0 Å². The van der Waals surface area contributed by atoms with Crippen molar-refractivity contribution in [1.29, 1.82) is 0 Å². The minimum absolute atomic E-state index is 0.0591.